The molecule has 3 saturated heterocycles. The Morgan fingerprint density at radius 1 is 1.18 bits per heavy atom. The first-order valence-electron chi connectivity index (χ1n) is 12.4. The van der Waals surface area contributed by atoms with Crippen LogP contribution in [-0.2, 0) is 19.1 Å². The summed E-state index contributed by atoms with van der Waals surface area (Å²) in [5, 5.41) is 15.5. The SMILES string of the molecule is CCCNC(=O)[C@@H]1[C@H]2C(=O)N(CCO)C(C(=O)Nc3ccc(N(CC)CC)cc3)C23CC[C@H]1O3. The van der Waals surface area contributed by atoms with Crippen LogP contribution >= 0.6 is 0 Å². The van der Waals surface area contributed by atoms with Gasteiger partial charge in [0.1, 0.15) is 11.6 Å². The van der Waals surface area contributed by atoms with E-state index in [9.17, 15) is 19.5 Å². The summed E-state index contributed by atoms with van der Waals surface area (Å²) in [5.41, 5.74) is 0.649. The fraction of sp³-hybridized carbons (Fsp3) is 0.640. The standard InChI is InChI=1S/C25H36N4O5/c1-4-13-26-22(31)19-18-11-12-25(34-18)20(19)24(33)29(14-15-30)21(25)23(32)27-16-7-9-17(10-8-16)28(5-2)6-3/h7-10,18-21,30H,4-6,11-15H2,1-3H3,(H,26,31)(H,27,32)/t18-,19+,20+,21?,25?/m1/s1. The quantitative estimate of drug-likeness (QED) is 0.474. The summed E-state index contributed by atoms with van der Waals surface area (Å²) in [4.78, 5) is 43.6. The van der Waals surface area contributed by atoms with E-state index in [4.69, 9.17) is 4.74 Å². The van der Waals surface area contributed by atoms with Crippen molar-refractivity contribution in [3.63, 3.8) is 0 Å². The van der Waals surface area contributed by atoms with Crippen molar-refractivity contribution in [3.8, 4) is 0 Å². The molecular weight excluding hydrogens is 436 g/mol. The Hall–Kier alpha value is -2.65. The molecule has 4 rings (SSSR count). The Balaban J connectivity index is 1.58. The number of hydrogen-bond donors (Lipinski definition) is 3. The lowest BCUT2D eigenvalue weighted by atomic mass is 9.70. The van der Waals surface area contributed by atoms with Gasteiger partial charge in [-0.15, -0.1) is 0 Å². The molecule has 186 valence electrons. The topological polar surface area (TPSA) is 111 Å². The summed E-state index contributed by atoms with van der Waals surface area (Å²) in [6.45, 7) is 8.21. The summed E-state index contributed by atoms with van der Waals surface area (Å²) < 4.78 is 6.32. The summed E-state index contributed by atoms with van der Waals surface area (Å²) in [5.74, 6) is -2.15. The Morgan fingerprint density at radius 3 is 2.50 bits per heavy atom. The summed E-state index contributed by atoms with van der Waals surface area (Å²) in [6.07, 6.45) is 1.59. The van der Waals surface area contributed by atoms with Gasteiger partial charge in [0.2, 0.25) is 17.7 Å². The van der Waals surface area contributed by atoms with E-state index >= 15 is 0 Å². The maximum absolute atomic E-state index is 13.6. The first kappa shape index (κ1) is 24.5. The number of anilines is 2. The number of aliphatic hydroxyl groups is 1. The molecule has 2 unspecified atom stereocenters. The van der Waals surface area contributed by atoms with Gasteiger partial charge in [-0.25, -0.2) is 0 Å². The average molecular weight is 473 g/mol. The van der Waals surface area contributed by atoms with Gasteiger partial charge in [-0.2, -0.15) is 0 Å². The summed E-state index contributed by atoms with van der Waals surface area (Å²) in [7, 11) is 0. The zero-order valence-electron chi connectivity index (χ0n) is 20.3. The molecule has 3 aliphatic heterocycles. The minimum Gasteiger partial charge on any atom is -0.395 e. The molecule has 3 amide bonds. The molecular formula is C25H36N4O5. The van der Waals surface area contributed by atoms with E-state index in [2.05, 4.69) is 29.4 Å². The second-order valence-electron chi connectivity index (χ2n) is 9.31. The molecule has 3 fully saturated rings. The Labute approximate surface area is 200 Å². The van der Waals surface area contributed by atoms with Gasteiger partial charge in [0, 0.05) is 37.6 Å². The Bertz CT molecular complexity index is 918. The van der Waals surface area contributed by atoms with Crippen LogP contribution in [0.3, 0.4) is 0 Å². The van der Waals surface area contributed by atoms with Crippen molar-refractivity contribution < 1.29 is 24.2 Å². The second kappa shape index (κ2) is 9.92. The molecule has 3 aliphatic rings. The highest BCUT2D eigenvalue weighted by Gasteiger charge is 2.74. The molecule has 34 heavy (non-hydrogen) atoms. The van der Waals surface area contributed by atoms with Gasteiger partial charge >= 0.3 is 0 Å². The number of amides is 3. The van der Waals surface area contributed by atoms with E-state index in [-0.39, 0.29) is 37.0 Å². The molecule has 0 aliphatic carbocycles. The first-order chi connectivity index (χ1) is 16.4. The van der Waals surface area contributed by atoms with E-state index in [0.29, 0.717) is 25.1 Å². The van der Waals surface area contributed by atoms with Crippen molar-refractivity contribution >= 4 is 29.1 Å². The van der Waals surface area contributed by atoms with Crippen LogP contribution in [0, 0.1) is 11.8 Å². The van der Waals surface area contributed by atoms with Crippen molar-refractivity contribution in [2.45, 2.75) is 57.8 Å². The fourth-order valence-corrected chi connectivity index (χ4v) is 6.02. The normalized spacial score (nSPS) is 29.3. The van der Waals surface area contributed by atoms with Gasteiger partial charge in [0.05, 0.1) is 24.5 Å². The lowest BCUT2D eigenvalue weighted by molar-refractivity contribution is -0.141. The van der Waals surface area contributed by atoms with Crippen molar-refractivity contribution in [3.05, 3.63) is 24.3 Å². The largest absolute Gasteiger partial charge is 0.395 e. The lowest BCUT2D eigenvalue weighted by Gasteiger charge is -2.33. The third-order valence-electron chi connectivity index (χ3n) is 7.50. The highest BCUT2D eigenvalue weighted by Crippen LogP contribution is 2.58. The molecule has 5 atom stereocenters. The molecule has 2 bridgehead atoms. The third-order valence-corrected chi connectivity index (χ3v) is 7.50. The minimum atomic E-state index is -1.05. The van der Waals surface area contributed by atoms with Crippen molar-refractivity contribution in [2.24, 2.45) is 11.8 Å². The number of carbonyl (C=O) groups excluding carboxylic acids is 3. The Morgan fingerprint density at radius 2 is 1.88 bits per heavy atom. The number of rotatable bonds is 10. The van der Waals surface area contributed by atoms with Crippen LogP contribution < -0.4 is 15.5 Å². The van der Waals surface area contributed by atoms with Gasteiger partial charge in [0.15, 0.2) is 0 Å². The molecule has 0 aromatic heterocycles. The van der Waals surface area contributed by atoms with Crippen LogP contribution in [0.2, 0.25) is 0 Å². The zero-order chi connectivity index (χ0) is 24.5. The monoisotopic (exact) mass is 472 g/mol. The average Bonchev–Trinajstić information content (AvgIpc) is 3.47. The van der Waals surface area contributed by atoms with Crippen molar-refractivity contribution in [2.75, 3.05) is 43.0 Å². The molecule has 1 aromatic rings. The van der Waals surface area contributed by atoms with E-state index in [1.165, 1.54) is 4.90 Å². The molecule has 3 heterocycles. The predicted octanol–water partition coefficient (Wildman–Crippen LogP) is 1.36. The number of carbonyl (C=O) groups is 3. The van der Waals surface area contributed by atoms with Gasteiger partial charge < -0.3 is 30.3 Å². The lowest BCUT2D eigenvalue weighted by Crippen LogP contribution is -2.53. The minimum absolute atomic E-state index is 0.0212. The van der Waals surface area contributed by atoms with Crippen LogP contribution in [0.1, 0.15) is 40.0 Å². The number of benzene rings is 1. The van der Waals surface area contributed by atoms with Gasteiger partial charge in [-0.1, -0.05) is 6.92 Å². The number of likely N-dealkylation sites (tertiary alicyclic amines) is 1. The number of aliphatic hydroxyl groups excluding tert-OH is 1. The maximum Gasteiger partial charge on any atom is 0.250 e. The highest BCUT2D eigenvalue weighted by atomic mass is 16.5. The molecule has 0 radical (unpaired) electrons. The third kappa shape index (κ3) is 3.94. The predicted molar refractivity (Wildman–Crippen MR) is 128 cm³/mol. The first-order valence-corrected chi connectivity index (χ1v) is 12.4. The number of hydrogen-bond acceptors (Lipinski definition) is 6. The Kier molecular flexibility index (Phi) is 7.14. The van der Waals surface area contributed by atoms with Gasteiger partial charge in [-0.3, -0.25) is 14.4 Å². The fourth-order valence-electron chi connectivity index (χ4n) is 6.02. The number of ether oxygens (including phenoxy) is 1. The number of fused-ring (bicyclic) bond motifs is 1. The number of β-amino-alcohol motifs (C(OH)–C–C–N with tert-alkyl or cyclic N) is 1. The van der Waals surface area contributed by atoms with Gasteiger partial charge in [0.25, 0.3) is 0 Å². The number of nitrogens with zero attached hydrogens (tertiary/aromatic N) is 2. The van der Waals surface area contributed by atoms with E-state index in [1.807, 2.05) is 31.2 Å². The molecule has 0 saturated carbocycles. The van der Waals surface area contributed by atoms with Crippen LogP contribution in [0.4, 0.5) is 11.4 Å². The number of nitrogens with one attached hydrogen (secondary N) is 2. The summed E-state index contributed by atoms with van der Waals surface area (Å²) >= 11 is 0. The van der Waals surface area contributed by atoms with Crippen molar-refractivity contribution in [1.82, 2.24) is 10.2 Å². The second-order valence-corrected chi connectivity index (χ2v) is 9.31. The van der Waals surface area contributed by atoms with Crippen LogP contribution in [0.25, 0.3) is 0 Å². The molecule has 1 aromatic carbocycles. The van der Waals surface area contributed by atoms with Crippen LogP contribution in [0.5, 0.6) is 0 Å². The molecule has 9 heteroatoms. The van der Waals surface area contributed by atoms with E-state index in [1.54, 1.807) is 0 Å². The zero-order valence-corrected chi connectivity index (χ0v) is 20.3. The van der Waals surface area contributed by atoms with E-state index in [0.717, 1.165) is 25.2 Å². The summed E-state index contributed by atoms with van der Waals surface area (Å²) in [6, 6.07) is 6.72. The van der Waals surface area contributed by atoms with E-state index < -0.39 is 23.5 Å². The van der Waals surface area contributed by atoms with Gasteiger partial charge in [-0.05, 0) is 57.4 Å². The molecule has 9 nitrogen and oxygen atoms in total. The molecule has 1 spiro atoms. The molecule has 3 N–H and O–H groups in total. The maximum atomic E-state index is 13.6. The van der Waals surface area contributed by atoms with Crippen molar-refractivity contribution in [1.29, 1.82) is 0 Å². The highest BCUT2D eigenvalue weighted by molar-refractivity contribution is 6.03. The van der Waals surface area contributed by atoms with Crippen LogP contribution in [0.15, 0.2) is 24.3 Å². The smallest absolute Gasteiger partial charge is 0.250 e. The van der Waals surface area contributed by atoms with Crippen LogP contribution in [-0.4, -0.2) is 78.3 Å².